The summed E-state index contributed by atoms with van der Waals surface area (Å²) in [6, 6.07) is 4.60. The average Bonchev–Trinajstić information content (AvgIpc) is 2.81. The van der Waals surface area contributed by atoms with E-state index < -0.39 is 17.5 Å². The minimum Gasteiger partial charge on any atom is -0.507 e. The monoisotopic (exact) mass is 438 g/mol. The Kier molecular flexibility index (Phi) is 5.56. The summed E-state index contributed by atoms with van der Waals surface area (Å²) in [6.45, 7) is 0.547. The van der Waals surface area contributed by atoms with Gasteiger partial charge in [0.2, 0.25) is 18.1 Å². The number of carbonyl (C=O) groups is 4. The second kappa shape index (κ2) is 8.33. The summed E-state index contributed by atoms with van der Waals surface area (Å²) >= 11 is 0. The van der Waals surface area contributed by atoms with E-state index in [2.05, 4.69) is 10.6 Å². The predicted molar refractivity (Wildman–Crippen MR) is 112 cm³/mol. The summed E-state index contributed by atoms with van der Waals surface area (Å²) in [5, 5.41) is 27.1. The first kappa shape index (κ1) is 21.4. The van der Waals surface area contributed by atoms with E-state index in [1.807, 2.05) is 0 Å². The van der Waals surface area contributed by atoms with Gasteiger partial charge in [-0.1, -0.05) is 12.1 Å². The first-order chi connectivity index (χ1) is 15.4. The predicted octanol–water partition coefficient (Wildman–Crippen LogP) is 0.849. The van der Waals surface area contributed by atoms with Crippen LogP contribution in [0, 0.1) is 5.92 Å². The van der Waals surface area contributed by atoms with Crippen LogP contribution in [-0.2, 0) is 22.4 Å². The summed E-state index contributed by atoms with van der Waals surface area (Å²) in [5.74, 6) is -2.41. The minimum atomic E-state index is -0.592. The number of benzene rings is 2. The second-order valence-corrected chi connectivity index (χ2v) is 7.75. The number of ketones is 2. The van der Waals surface area contributed by atoms with Gasteiger partial charge in [-0.25, -0.2) is 0 Å². The Morgan fingerprint density at radius 1 is 1.09 bits per heavy atom. The van der Waals surface area contributed by atoms with Gasteiger partial charge in [0.1, 0.15) is 17.2 Å². The van der Waals surface area contributed by atoms with Crippen LogP contribution < -0.4 is 15.4 Å². The van der Waals surface area contributed by atoms with Crippen molar-refractivity contribution in [2.24, 2.45) is 5.92 Å². The molecule has 0 aromatic heterocycles. The number of fused-ring (bicyclic) bond motifs is 3. The van der Waals surface area contributed by atoms with Gasteiger partial charge in [-0.15, -0.1) is 0 Å². The Bertz CT molecular complexity index is 1160. The van der Waals surface area contributed by atoms with Crippen molar-refractivity contribution in [1.29, 1.82) is 0 Å². The number of carbonyl (C=O) groups excluding carboxylic acids is 4. The molecule has 0 radical (unpaired) electrons. The van der Waals surface area contributed by atoms with Crippen LogP contribution in [0.25, 0.3) is 0 Å². The van der Waals surface area contributed by atoms with E-state index >= 15 is 0 Å². The van der Waals surface area contributed by atoms with E-state index in [1.54, 1.807) is 12.1 Å². The number of aromatic hydroxyl groups is 2. The van der Waals surface area contributed by atoms with Gasteiger partial charge in [-0.2, -0.15) is 0 Å². The molecule has 32 heavy (non-hydrogen) atoms. The van der Waals surface area contributed by atoms with Gasteiger partial charge in [0.05, 0.1) is 23.8 Å². The molecule has 2 aromatic rings. The highest BCUT2D eigenvalue weighted by atomic mass is 16.5. The Labute approximate surface area is 183 Å². The van der Waals surface area contributed by atoms with Gasteiger partial charge in [0.25, 0.3) is 0 Å². The number of nitrogens with one attached hydrogen (secondary N) is 2. The molecule has 4 N–H and O–H groups in total. The molecule has 4 rings (SSSR count). The summed E-state index contributed by atoms with van der Waals surface area (Å²) < 4.78 is 5.23. The zero-order valence-corrected chi connectivity index (χ0v) is 17.4. The summed E-state index contributed by atoms with van der Waals surface area (Å²) in [6.07, 6.45) is 1.31. The van der Waals surface area contributed by atoms with Gasteiger partial charge in [-0.05, 0) is 25.3 Å². The van der Waals surface area contributed by atoms with Crippen molar-refractivity contribution >= 4 is 23.9 Å². The van der Waals surface area contributed by atoms with Crippen LogP contribution in [-0.4, -0.2) is 54.3 Å². The summed E-state index contributed by atoms with van der Waals surface area (Å²) in [5.41, 5.74) is 0.330. The molecule has 0 unspecified atom stereocenters. The van der Waals surface area contributed by atoms with Crippen LogP contribution in [0.1, 0.15) is 49.4 Å². The zero-order valence-electron chi connectivity index (χ0n) is 17.4. The van der Waals surface area contributed by atoms with E-state index in [-0.39, 0.29) is 71.3 Å². The molecule has 0 fully saturated rings. The van der Waals surface area contributed by atoms with Gasteiger partial charge >= 0.3 is 0 Å². The highest BCUT2D eigenvalue weighted by Gasteiger charge is 2.41. The molecule has 9 nitrogen and oxygen atoms in total. The normalized spacial score (nSPS) is 16.5. The van der Waals surface area contributed by atoms with Crippen molar-refractivity contribution in [3.05, 3.63) is 51.6 Å². The number of hydrogen-bond donors (Lipinski definition) is 4. The fraction of sp³-hybridized carbons (Fsp3) is 0.304. The average molecular weight is 438 g/mol. The lowest BCUT2D eigenvalue weighted by molar-refractivity contribution is -0.125. The number of amides is 2. The van der Waals surface area contributed by atoms with Crippen LogP contribution in [0.4, 0.5) is 0 Å². The molecule has 0 bridgehead atoms. The Hall–Kier alpha value is -3.88. The first-order valence-corrected chi connectivity index (χ1v) is 10.2. The quantitative estimate of drug-likeness (QED) is 0.254. The van der Waals surface area contributed by atoms with Gasteiger partial charge < -0.3 is 25.6 Å². The Morgan fingerprint density at radius 2 is 1.81 bits per heavy atom. The van der Waals surface area contributed by atoms with Crippen molar-refractivity contribution in [3.8, 4) is 17.2 Å². The lowest BCUT2D eigenvalue weighted by Crippen LogP contribution is -2.38. The van der Waals surface area contributed by atoms with Gasteiger partial charge in [-0.3, -0.25) is 19.2 Å². The summed E-state index contributed by atoms with van der Waals surface area (Å²) in [4.78, 5) is 49.2. The molecule has 166 valence electrons. The Morgan fingerprint density at radius 3 is 2.53 bits per heavy atom. The SMILES string of the molecule is COc1cccc2c1C(=O)c1c(O)c3c(c(O)c1C2=O)C[C@@H](C(=O)NCCNC=O)CC3. The highest BCUT2D eigenvalue weighted by Crippen LogP contribution is 2.47. The second-order valence-electron chi connectivity index (χ2n) is 7.75. The first-order valence-electron chi connectivity index (χ1n) is 10.2. The maximum atomic E-state index is 13.2. The summed E-state index contributed by atoms with van der Waals surface area (Å²) in [7, 11) is 1.38. The van der Waals surface area contributed by atoms with E-state index in [0.717, 1.165) is 0 Å². The molecule has 0 saturated heterocycles. The molecule has 2 aromatic carbocycles. The third kappa shape index (κ3) is 3.26. The van der Waals surface area contributed by atoms with E-state index in [4.69, 9.17) is 4.74 Å². The fourth-order valence-electron chi connectivity index (χ4n) is 4.49. The van der Waals surface area contributed by atoms with E-state index in [1.165, 1.54) is 13.2 Å². The van der Waals surface area contributed by atoms with Gasteiger partial charge in [0.15, 0.2) is 5.78 Å². The number of ether oxygens (including phenoxy) is 1. The molecular weight excluding hydrogens is 416 g/mol. The molecule has 2 aliphatic carbocycles. The number of phenols is 2. The lowest BCUT2D eigenvalue weighted by Gasteiger charge is -2.29. The smallest absolute Gasteiger partial charge is 0.223 e. The topological polar surface area (TPSA) is 142 Å². The lowest BCUT2D eigenvalue weighted by atomic mass is 9.75. The van der Waals surface area contributed by atoms with Crippen molar-refractivity contribution in [3.63, 3.8) is 0 Å². The van der Waals surface area contributed by atoms with Crippen LogP contribution in [0.5, 0.6) is 17.2 Å². The fourth-order valence-corrected chi connectivity index (χ4v) is 4.49. The number of rotatable bonds is 6. The molecule has 0 heterocycles. The number of methoxy groups -OCH3 is 1. The largest absolute Gasteiger partial charge is 0.507 e. The molecule has 0 aliphatic heterocycles. The maximum Gasteiger partial charge on any atom is 0.223 e. The molecule has 2 aliphatic rings. The molecular formula is C23H22N2O7. The molecule has 9 heteroatoms. The third-order valence-corrected chi connectivity index (χ3v) is 6.05. The van der Waals surface area contributed by atoms with Crippen molar-refractivity contribution < 1.29 is 34.1 Å². The molecule has 0 saturated carbocycles. The molecule has 0 spiro atoms. The van der Waals surface area contributed by atoms with E-state index in [0.29, 0.717) is 24.0 Å². The minimum absolute atomic E-state index is 0.0548. The van der Waals surface area contributed by atoms with Crippen LogP contribution in [0.15, 0.2) is 18.2 Å². The van der Waals surface area contributed by atoms with Crippen molar-refractivity contribution in [2.75, 3.05) is 20.2 Å². The zero-order chi connectivity index (χ0) is 23.0. The van der Waals surface area contributed by atoms with Crippen molar-refractivity contribution in [1.82, 2.24) is 10.6 Å². The highest BCUT2D eigenvalue weighted by molar-refractivity contribution is 6.31. The van der Waals surface area contributed by atoms with Crippen LogP contribution in [0.2, 0.25) is 0 Å². The molecule has 1 atom stereocenters. The number of phenolic OH excluding ortho intramolecular Hbond substituents is 2. The Balaban J connectivity index is 1.73. The standard InChI is InChI=1S/C23H22N2O7/c1-32-15-4-2-3-13-16(15)22(30)18-17(20(13)28)21(29)14-9-11(5-6-12(14)19(18)27)23(31)25-8-7-24-10-26/h2-4,10-11,27,29H,5-9H2,1H3,(H,24,26)(H,25,31)/t11-/m0/s1. The maximum absolute atomic E-state index is 13.2. The van der Waals surface area contributed by atoms with Gasteiger partial charge in [0, 0.05) is 35.7 Å². The van der Waals surface area contributed by atoms with Crippen molar-refractivity contribution in [2.45, 2.75) is 19.3 Å². The van der Waals surface area contributed by atoms with E-state index in [9.17, 15) is 29.4 Å². The third-order valence-electron chi connectivity index (χ3n) is 6.05. The molecule has 2 amide bonds. The number of hydrogen-bond acceptors (Lipinski definition) is 7. The van der Waals surface area contributed by atoms with Crippen LogP contribution in [0.3, 0.4) is 0 Å². The van der Waals surface area contributed by atoms with Crippen LogP contribution >= 0.6 is 0 Å².